The fraction of sp³-hybridized carbons (Fsp3) is 0.190. The van der Waals surface area contributed by atoms with E-state index in [9.17, 15) is 13.2 Å². The van der Waals surface area contributed by atoms with Gasteiger partial charge in [0.25, 0.3) is 5.91 Å². The number of fused-ring (bicyclic) bond motifs is 3. The summed E-state index contributed by atoms with van der Waals surface area (Å²) in [4.78, 5) is 14.5. The maximum atomic E-state index is 12.6. The number of carbonyl (C=O) groups is 1. The van der Waals surface area contributed by atoms with Gasteiger partial charge < -0.3 is 10.1 Å². The fourth-order valence-electron chi connectivity index (χ4n) is 3.07. The summed E-state index contributed by atoms with van der Waals surface area (Å²) >= 11 is 1.45. The first-order valence-electron chi connectivity index (χ1n) is 9.01. The Morgan fingerprint density at radius 1 is 1.14 bits per heavy atom. The Balaban J connectivity index is 1.46. The Hall–Kier alpha value is -2.68. The van der Waals surface area contributed by atoms with Gasteiger partial charge in [0.1, 0.15) is 12.4 Å². The minimum Gasteiger partial charge on any atom is -0.488 e. The van der Waals surface area contributed by atoms with Crippen molar-refractivity contribution in [3.05, 3.63) is 70.6 Å². The van der Waals surface area contributed by atoms with E-state index in [1.165, 1.54) is 29.7 Å². The number of rotatable bonds is 5. The highest BCUT2D eigenvalue weighted by Gasteiger charge is 2.22. The number of para-hydroxylation sites is 1. The molecule has 2 heterocycles. The molecule has 6 nitrogen and oxygen atoms in total. The lowest BCUT2D eigenvalue weighted by atomic mass is 10.1. The summed E-state index contributed by atoms with van der Waals surface area (Å²) in [5, 5.41) is 2.90. The number of ether oxygens (including phenoxy) is 1. The molecule has 0 spiro atoms. The number of amides is 1. The monoisotopic (exact) mass is 428 g/mol. The van der Waals surface area contributed by atoms with Gasteiger partial charge in [0.2, 0.25) is 10.0 Å². The van der Waals surface area contributed by atoms with E-state index in [-0.39, 0.29) is 10.8 Å². The third-order valence-corrected chi connectivity index (χ3v) is 7.74. The summed E-state index contributed by atoms with van der Waals surface area (Å²) in [6.07, 6.45) is 0. The van der Waals surface area contributed by atoms with Crippen LogP contribution in [0.5, 0.6) is 5.75 Å². The number of nitrogens with zero attached hydrogens (tertiary/aromatic N) is 1. The van der Waals surface area contributed by atoms with Crippen molar-refractivity contribution in [1.29, 1.82) is 0 Å². The average molecular weight is 429 g/mol. The second-order valence-electron chi connectivity index (χ2n) is 6.86. The van der Waals surface area contributed by atoms with Crippen LogP contribution in [0, 0.1) is 0 Å². The molecule has 29 heavy (non-hydrogen) atoms. The highest BCUT2D eigenvalue weighted by Crippen LogP contribution is 2.42. The fourth-order valence-corrected chi connectivity index (χ4v) is 5.09. The maximum absolute atomic E-state index is 12.6. The van der Waals surface area contributed by atoms with E-state index in [4.69, 9.17) is 4.74 Å². The van der Waals surface area contributed by atoms with Crippen LogP contribution < -0.4 is 10.1 Å². The van der Waals surface area contributed by atoms with Gasteiger partial charge >= 0.3 is 0 Å². The van der Waals surface area contributed by atoms with Gasteiger partial charge in [-0.05, 0) is 35.9 Å². The summed E-state index contributed by atoms with van der Waals surface area (Å²) in [5.74, 6) is 0.674. The number of sulfonamides is 1. The molecule has 0 radical (unpaired) electrons. The third kappa shape index (κ3) is 3.78. The van der Waals surface area contributed by atoms with E-state index in [1.54, 1.807) is 24.3 Å². The average Bonchev–Trinajstić information content (AvgIpc) is 3.17. The molecule has 0 bridgehead atoms. The van der Waals surface area contributed by atoms with Crippen LogP contribution in [0.4, 0.5) is 0 Å². The van der Waals surface area contributed by atoms with E-state index in [1.807, 2.05) is 30.3 Å². The number of hydrogen-bond acceptors (Lipinski definition) is 5. The molecule has 0 saturated heterocycles. The summed E-state index contributed by atoms with van der Waals surface area (Å²) in [5.41, 5.74) is 2.85. The molecule has 0 unspecified atom stereocenters. The first-order chi connectivity index (χ1) is 13.9. The van der Waals surface area contributed by atoms with Gasteiger partial charge in [-0.25, -0.2) is 12.7 Å². The van der Waals surface area contributed by atoms with Crippen molar-refractivity contribution in [3.63, 3.8) is 0 Å². The predicted octanol–water partition coefficient (Wildman–Crippen LogP) is 3.49. The lowest BCUT2D eigenvalue weighted by molar-refractivity contribution is 0.0955. The van der Waals surface area contributed by atoms with Gasteiger partial charge in [0, 0.05) is 36.6 Å². The lowest BCUT2D eigenvalue weighted by Gasteiger charge is -2.16. The largest absolute Gasteiger partial charge is 0.488 e. The van der Waals surface area contributed by atoms with Crippen molar-refractivity contribution in [2.45, 2.75) is 18.0 Å². The van der Waals surface area contributed by atoms with Crippen LogP contribution in [-0.4, -0.2) is 32.7 Å². The number of carbonyl (C=O) groups excluding carboxylic acids is 1. The van der Waals surface area contributed by atoms with Gasteiger partial charge in [-0.3, -0.25) is 4.79 Å². The molecule has 150 valence electrons. The molecule has 8 heteroatoms. The van der Waals surface area contributed by atoms with Crippen LogP contribution in [0.25, 0.3) is 10.4 Å². The molecule has 2 aromatic carbocycles. The SMILES string of the molecule is CN(C)S(=O)(=O)c1ccc(CNC(=O)c2cc3c(s2)-c2ccccc2OC3)cc1. The highest BCUT2D eigenvalue weighted by molar-refractivity contribution is 7.89. The number of benzene rings is 2. The van der Waals surface area contributed by atoms with Crippen LogP contribution in [0.2, 0.25) is 0 Å². The third-order valence-electron chi connectivity index (χ3n) is 4.70. The molecule has 0 fully saturated rings. The van der Waals surface area contributed by atoms with Crippen LogP contribution in [0.15, 0.2) is 59.5 Å². The van der Waals surface area contributed by atoms with Crippen LogP contribution in [-0.2, 0) is 23.2 Å². The first-order valence-corrected chi connectivity index (χ1v) is 11.3. The molecule has 0 atom stereocenters. The molecule has 0 aliphatic carbocycles. The van der Waals surface area contributed by atoms with E-state index in [2.05, 4.69) is 5.32 Å². The molecular weight excluding hydrogens is 408 g/mol. The predicted molar refractivity (Wildman–Crippen MR) is 113 cm³/mol. The quantitative estimate of drug-likeness (QED) is 0.675. The van der Waals surface area contributed by atoms with Gasteiger partial charge in [-0.2, -0.15) is 0 Å². The minimum absolute atomic E-state index is 0.160. The molecule has 4 rings (SSSR count). The van der Waals surface area contributed by atoms with E-state index in [0.717, 1.165) is 27.3 Å². The van der Waals surface area contributed by atoms with Crippen molar-refractivity contribution >= 4 is 27.3 Å². The lowest BCUT2D eigenvalue weighted by Crippen LogP contribution is -2.23. The minimum atomic E-state index is -3.46. The highest BCUT2D eigenvalue weighted by atomic mass is 32.2. The number of thiophene rings is 1. The van der Waals surface area contributed by atoms with Crippen LogP contribution in [0.3, 0.4) is 0 Å². The first kappa shape index (κ1) is 19.6. The Morgan fingerprint density at radius 2 is 1.86 bits per heavy atom. The summed E-state index contributed by atoms with van der Waals surface area (Å²) in [6.45, 7) is 0.773. The van der Waals surface area contributed by atoms with Crippen molar-refractivity contribution in [2.24, 2.45) is 0 Å². The second-order valence-corrected chi connectivity index (χ2v) is 10.1. The van der Waals surface area contributed by atoms with Gasteiger partial charge in [-0.15, -0.1) is 11.3 Å². The topological polar surface area (TPSA) is 75.7 Å². The zero-order valence-corrected chi connectivity index (χ0v) is 17.6. The Bertz CT molecular complexity index is 1170. The normalized spacial score (nSPS) is 12.8. The summed E-state index contributed by atoms with van der Waals surface area (Å²) in [6, 6.07) is 16.2. The summed E-state index contributed by atoms with van der Waals surface area (Å²) in [7, 11) is -0.471. The van der Waals surface area contributed by atoms with Gasteiger partial charge in [-0.1, -0.05) is 24.3 Å². The van der Waals surface area contributed by atoms with Gasteiger partial charge in [0.05, 0.1) is 9.77 Å². The molecule has 1 aromatic heterocycles. The van der Waals surface area contributed by atoms with Crippen molar-refractivity contribution in [1.82, 2.24) is 9.62 Å². The maximum Gasteiger partial charge on any atom is 0.261 e. The molecule has 3 aromatic rings. The Morgan fingerprint density at radius 3 is 2.59 bits per heavy atom. The van der Waals surface area contributed by atoms with Crippen molar-refractivity contribution < 1.29 is 17.9 Å². The van der Waals surface area contributed by atoms with Crippen LogP contribution in [0.1, 0.15) is 20.8 Å². The molecule has 1 aliphatic heterocycles. The van der Waals surface area contributed by atoms with E-state index >= 15 is 0 Å². The molecule has 1 amide bonds. The van der Waals surface area contributed by atoms with Gasteiger partial charge in [0.15, 0.2) is 0 Å². The van der Waals surface area contributed by atoms with Crippen LogP contribution >= 0.6 is 11.3 Å². The van der Waals surface area contributed by atoms with Crippen molar-refractivity contribution in [3.8, 4) is 16.2 Å². The Labute approximate surface area is 173 Å². The Kier molecular flexibility index (Phi) is 5.16. The summed E-state index contributed by atoms with van der Waals surface area (Å²) < 4.78 is 31.2. The molecule has 0 saturated carbocycles. The molecule has 1 aliphatic rings. The molecular formula is C21H20N2O4S2. The second kappa shape index (κ2) is 7.62. The smallest absolute Gasteiger partial charge is 0.261 e. The number of hydrogen-bond donors (Lipinski definition) is 1. The zero-order chi connectivity index (χ0) is 20.6. The van der Waals surface area contributed by atoms with E-state index < -0.39 is 10.0 Å². The zero-order valence-electron chi connectivity index (χ0n) is 16.0. The van der Waals surface area contributed by atoms with Crippen molar-refractivity contribution in [2.75, 3.05) is 14.1 Å². The molecule has 1 N–H and O–H groups in total. The number of nitrogens with one attached hydrogen (secondary N) is 1. The van der Waals surface area contributed by atoms with E-state index in [0.29, 0.717) is 18.0 Å². The standard InChI is InChI=1S/C21H20N2O4S2/c1-23(2)29(25,26)16-9-7-14(8-10-16)12-22-21(24)19-11-15-13-27-18-6-4-3-5-17(18)20(15)28-19/h3-11H,12-13H2,1-2H3,(H,22,24).